The molecule has 0 radical (unpaired) electrons. The van der Waals surface area contributed by atoms with Gasteiger partial charge in [-0.25, -0.2) is 0 Å². The van der Waals surface area contributed by atoms with Gasteiger partial charge < -0.3 is 5.73 Å². The number of hydrogen-bond acceptors (Lipinski definition) is 2. The Kier molecular flexibility index (Phi) is 4.27. The second-order valence-corrected chi connectivity index (χ2v) is 6.07. The molecule has 0 amide bonds. The fourth-order valence-corrected chi connectivity index (χ4v) is 3.35. The molecule has 0 aromatic heterocycles. The van der Waals surface area contributed by atoms with E-state index in [1.807, 2.05) is 12.1 Å². The summed E-state index contributed by atoms with van der Waals surface area (Å²) in [5.74, 6) is 0.379. The Morgan fingerprint density at radius 1 is 1.11 bits per heavy atom. The minimum absolute atomic E-state index is 0.379. The van der Waals surface area contributed by atoms with Gasteiger partial charge in [-0.3, -0.25) is 4.21 Å². The number of anilines is 1. The maximum Gasteiger partial charge on any atom is 0.0589 e. The molecular formula is C13H11Cl2NOS. The van der Waals surface area contributed by atoms with E-state index < -0.39 is 10.8 Å². The van der Waals surface area contributed by atoms with Crippen LogP contribution in [0.1, 0.15) is 5.56 Å². The van der Waals surface area contributed by atoms with E-state index >= 15 is 0 Å². The van der Waals surface area contributed by atoms with Crippen LogP contribution in [0, 0.1) is 0 Å². The molecule has 0 aliphatic carbocycles. The Labute approximate surface area is 118 Å². The molecule has 2 rings (SSSR count). The van der Waals surface area contributed by atoms with Gasteiger partial charge in [-0.2, -0.15) is 0 Å². The fourth-order valence-electron chi connectivity index (χ4n) is 1.56. The van der Waals surface area contributed by atoms with Gasteiger partial charge in [0.2, 0.25) is 0 Å². The lowest BCUT2D eigenvalue weighted by Gasteiger charge is -2.06. The molecule has 2 N–H and O–H groups in total. The topological polar surface area (TPSA) is 43.1 Å². The van der Waals surface area contributed by atoms with E-state index in [1.165, 1.54) is 0 Å². The molecule has 0 saturated carbocycles. The van der Waals surface area contributed by atoms with Crippen molar-refractivity contribution in [3.63, 3.8) is 0 Å². The average molecular weight is 300 g/mol. The lowest BCUT2D eigenvalue weighted by atomic mass is 10.2. The molecule has 0 heterocycles. The number of benzene rings is 2. The van der Waals surface area contributed by atoms with Crippen LogP contribution in [-0.4, -0.2) is 4.21 Å². The van der Waals surface area contributed by atoms with E-state index in [4.69, 9.17) is 28.9 Å². The van der Waals surface area contributed by atoms with Crippen molar-refractivity contribution in [3.8, 4) is 0 Å². The molecule has 94 valence electrons. The minimum Gasteiger partial charge on any atom is -0.399 e. The second-order valence-electron chi connectivity index (χ2n) is 3.81. The van der Waals surface area contributed by atoms with E-state index in [2.05, 4.69) is 0 Å². The van der Waals surface area contributed by atoms with Crippen LogP contribution in [0.2, 0.25) is 10.0 Å². The van der Waals surface area contributed by atoms with Crippen LogP contribution in [0.5, 0.6) is 0 Å². The van der Waals surface area contributed by atoms with E-state index in [1.54, 1.807) is 30.3 Å². The Morgan fingerprint density at radius 2 is 1.89 bits per heavy atom. The molecule has 1 atom stereocenters. The summed E-state index contributed by atoms with van der Waals surface area (Å²) in [6.45, 7) is 0. The fraction of sp³-hybridized carbons (Fsp3) is 0.0769. The highest BCUT2D eigenvalue weighted by Crippen LogP contribution is 2.24. The summed E-state index contributed by atoms with van der Waals surface area (Å²) in [5.41, 5.74) is 7.07. The molecule has 0 aliphatic rings. The lowest BCUT2D eigenvalue weighted by Crippen LogP contribution is -1.98. The highest BCUT2D eigenvalue weighted by atomic mass is 35.5. The summed E-state index contributed by atoms with van der Waals surface area (Å²) in [6, 6.07) is 12.3. The van der Waals surface area contributed by atoms with Gasteiger partial charge in [0.15, 0.2) is 0 Å². The lowest BCUT2D eigenvalue weighted by molar-refractivity contribution is 0.682. The highest BCUT2D eigenvalue weighted by Gasteiger charge is 2.10. The second kappa shape index (κ2) is 5.74. The Hall–Kier alpha value is -1.03. The standard InChI is InChI=1S/C13H11Cl2NOS/c14-10-3-1-2-9(6-10)8-18(17)13-5-4-11(16)7-12(13)15/h1-7H,8,16H2. The van der Waals surface area contributed by atoms with Crippen LogP contribution in [-0.2, 0) is 16.6 Å². The first-order chi connectivity index (χ1) is 8.56. The smallest absolute Gasteiger partial charge is 0.0589 e. The summed E-state index contributed by atoms with van der Waals surface area (Å²) in [6.07, 6.45) is 0. The zero-order valence-electron chi connectivity index (χ0n) is 9.40. The zero-order chi connectivity index (χ0) is 13.1. The molecule has 0 fully saturated rings. The summed E-state index contributed by atoms with van der Waals surface area (Å²) >= 11 is 11.9. The van der Waals surface area contributed by atoms with Gasteiger partial charge in [0.25, 0.3) is 0 Å². The first kappa shape index (κ1) is 13.4. The van der Waals surface area contributed by atoms with Crippen molar-refractivity contribution in [3.05, 3.63) is 58.1 Å². The largest absolute Gasteiger partial charge is 0.399 e. The van der Waals surface area contributed by atoms with Gasteiger partial charge in [-0.15, -0.1) is 0 Å². The van der Waals surface area contributed by atoms with Crippen LogP contribution in [0.25, 0.3) is 0 Å². The molecule has 2 aromatic carbocycles. The molecule has 0 bridgehead atoms. The van der Waals surface area contributed by atoms with Crippen molar-refractivity contribution in [2.45, 2.75) is 10.6 Å². The molecule has 2 aromatic rings. The third kappa shape index (κ3) is 3.25. The SMILES string of the molecule is Nc1ccc(S(=O)Cc2cccc(Cl)c2)c(Cl)c1. The Bertz CT molecular complexity index is 601. The highest BCUT2D eigenvalue weighted by molar-refractivity contribution is 7.84. The number of nitrogens with two attached hydrogens (primary N) is 1. The van der Waals surface area contributed by atoms with E-state index in [9.17, 15) is 4.21 Å². The third-order valence-corrected chi connectivity index (χ3v) is 4.49. The van der Waals surface area contributed by atoms with Crippen LogP contribution in [0.3, 0.4) is 0 Å². The van der Waals surface area contributed by atoms with Gasteiger partial charge >= 0.3 is 0 Å². The minimum atomic E-state index is -1.21. The molecule has 1 unspecified atom stereocenters. The molecule has 0 saturated heterocycles. The van der Waals surface area contributed by atoms with E-state index in [-0.39, 0.29) is 0 Å². The van der Waals surface area contributed by atoms with Crippen LogP contribution in [0.15, 0.2) is 47.4 Å². The van der Waals surface area contributed by atoms with Crippen molar-refractivity contribution >= 4 is 39.7 Å². The van der Waals surface area contributed by atoms with Crippen molar-refractivity contribution in [2.24, 2.45) is 0 Å². The monoisotopic (exact) mass is 299 g/mol. The van der Waals surface area contributed by atoms with Crippen molar-refractivity contribution in [1.82, 2.24) is 0 Å². The molecule has 2 nitrogen and oxygen atoms in total. The van der Waals surface area contributed by atoms with Gasteiger partial charge in [-0.1, -0.05) is 35.3 Å². The van der Waals surface area contributed by atoms with Gasteiger partial charge in [0.05, 0.1) is 26.5 Å². The average Bonchev–Trinajstić information content (AvgIpc) is 2.28. The number of halogens is 2. The zero-order valence-corrected chi connectivity index (χ0v) is 11.7. The summed E-state index contributed by atoms with van der Waals surface area (Å²) in [5, 5.41) is 1.06. The van der Waals surface area contributed by atoms with Gasteiger partial charge in [-0.05, 0) is 35.9 Å². The maximum absolute atomic E-state index is 12.2. The molecular weight excluding hydrogens is 289 g/mol. The third-order valence-electron chi connectivity index (χ3n) is 2.39. The number of hydrogen-bond donors (Lipinski definition) is 1. The quantitative estimate of drug-likeness (QED) is 0.874. The summed E-state index contributed by atoms with van der Waals surface area (Å²) in [4.78, 5) is 0.589. The summed E-state index contributed by atoms with van der Waals surface area (Å²) < 4.78 is 12.2. The first-order valence-corrected chi connectivity index (χ1v) is 7.31. The van der Waals surface area contributed by atoms with Crippen molar-refractivity contribution in [2.75, 3.05) is 5.73 Å². The summed E-state index contributed by atoms with van der Waals surface area (Å²) in [7, 11) is -1.21. The van der Waals surface area contributed by atoms with E-state index in [0.717, 1.165) is 5.56 Å². The first-order valence-electron chi connectivity index (χ1n) is 5.24. The van der Waals surface area contributed by atoms with E-state index in [0.29, 0.717) is 26.4 Å². The van der Waals surface area contributed by atoms with Crippen molar-refractivity contribution < 1.29 is 4.21 Å². The van der Waals surface area contributed by atoms with Crippen LogP contribution >= 0.6 is 23.2 Å². The molecule has 5 heteroatoms. The predicted octanol–water partition coefficient (Wildman–Crippen LogP) is 3.88. The Morgan fingerprint density at radius 3 is 2.56 bits per heavy atom. The maximum atomic E-state index is 12.2. The van der Waals surface area contributed by atoms with Crippen LogP contribution < -0.4 is 5.73 Å². The van der Waals surface area contributed by atoms with Crippen molar-refractivity contribution in [1.29, 1.82) is 0 Å². The molecule has 0 aliphatic heterocycles. The molecule has 18 heavy (non-hydrogen) atoms. The van der Waals surface area contributed by atoms with Crippen LogP contribution in [0.4, 0.5) is 5.69 Å². The Balaban J connectivity index is 2.22. The van der Waals surface area contributed by atoms with Gasteiger partial charge in [0, 0.05) is 10.7 Å². The normalized spacial score (nSPS) is 12.3. The molecule has 0 spiro atoms. The number of nitrogen functional groups attached to an aromatic ring is 1. The number of rotatable bonds is 3. The predicted molar refractivity (Wildman–Crippen MR) is 77.4 cm³/mol. The van der Waals surface area contributed by atoms with Gasteiger partial charge in [0.1, 0.15) is 0 Å².